The van der Waals surface area contributed by atoms with Crippen molar-refractivity contribution in [3.63, 3.8) is 0 Å². The lowest BCUT2D eigenvalue weighted by molar-refractivity contribution is 0.0596. The summed E-state index contributed by atoms with van der Waals surface area (Å²) in [6, 6.07) is 3.21. The van der Waals surface area contributed by atoms with E-state index in [0.717, 1.165) is 0 Å². The first-order valence-electron chi connectivity index (χ1n) is 5.33. The Morgan fingerprint density at radius 1 is 1.50 bits per heavy atom. The Balaban J connectivity index is 3.11. The fraction of sp³-hybridized carbons (Fsp3) is 0.417. The zero-order chi connectivity index (χ0) is 13.7. The Morgan fingerprint density at radius 2 is 2.17 bits per heavy atom. The molecule has 0 radical (unpaired) electrons. The summed E-state index contributed by atoms with van der Waals surface area (Å²) < 4.78 is 23.9. The molecule has 0 fully saturated rings. The van der Waals surface area contributed by atoms with Gasteiger partial charge < -0.3 is 14.8 Å². The van der Waals surface area contributed by atoms with Crippen LogP contribution in [0.3, 0.4) is 0 Å². The highest BCUT2D eigenvalue weighted by Gasteiger charge is 2.20. The minimum Gasteiger partial charge on any atom is -0.465 e. The molecule has 0 bridgehead atoms. The average molecular weight is 367 g/mol. The molecule has 0 aromatic heterocycles. The summed E-state index contributed by atoms with van der Waals surface area (Å²) >= 11 is 1.83. The SMILES string of the molecule is COC[C@H](C)Nc1ccc(I)c(F)c1C(=O)OC. The quantitative estimate of drug-likeness (QED) is 0.642. The van der Waals surface area contributed by atoms with Gasteiger partial charge in [-0.25, -0.2) is 9.18 Å². The molecule has 1 rings (SSSR count). The van der Waals surface area contributed by atoms with Crippen molar-refractivity contribution in [2.75, 3.05) is 26.1 Å². The second-order valence-electron chi connectivity index (χ2n) is 3.78. The summed E-state index contributed by atoms with van der Waals surface area (Å²) in [5.74, 6) is -1.27. The summed E-state index contributed by atoms with van der Waals surface area (Å²) in [5.41, 5.74) is 0.330. The van der Waals surface area contributed by atoms with Gasteiger partial charge in [0.15, 0.2) is 5.82 Å². The van der Waals surface area contributed by atoms with Crippen LogP contribution in [0.2, 0.25) is 0 Å². The third kappa shape index (κ3) is 3.55. The Kier molecular flexibility index (Phi) is 5.80. The van der Waals surface area contributed by atoms with Crippen molar-refractivity contribution in [1.82, 2.24) is 0 Å². The first-order chi connectivity index (χ1) is 8.51. The Morgan fingerprint density at radius 3 is 2.72 bits per heavy atom. The number of rotatable bonds is 5. The summed E-state index contributed by atoms with van der Waals surface area (Å²) in [6.45, 7) is 2.33. The molecule has 0 heterocycles. The van der Waals surface area contributed by atoms with Crippen LogP contribution in [0, 0.1) is 9.39 Å². The molecule has 0 saturated carbocycles. The first-order valence-corrected chi connectivity index (χ1v) is 6.41. The van der Waals surface area contributed by atoms with Crippen molar-refractivity contribution in [2.45, 2.75) is 13.0 Å². The fourth-order valence-electron chi connectivity index (χ4n) is 1.53. The zero-order valence-corrected chi connectivity index (χ0v) is 12.6. The topological polar surface area (TPSA) is 47.6 Å². The lowest BCUT2D eigenvalue weighted by Crippen LogP contribution is -2.23. The van der Waals surface area contributed by atoms with E-state index < -0.39 is 11.8 Å². The van der Waals surface area contributed by atoms with Crippen molar-refractivity contribution >= 4 is 34.2 Å². The Labute approximate surface area is 119 Å². The predicted octanol–water partition coefficient (Wildman–Crippen LogP) is 2.66. The van der Waals surface area contributed by atoms with Crippen LogP contribution in [0.5, 0.6) is 0 Å². The highest BCUT2D eigenvalue weighted by molar-refractivity contribution is 14.1. The minimum absolute atomic E-state index is 0.0436. The normalized spacial score (nSPS) is 12.1. The van der Waals surface area contributed by atoms with E-state index in [1.54, 1.807) is 19.2 Å². The highest BCUT2D eigenvalue weighted by Crippen LogP contribution is 2.25. The molecule has 0 aliphatic carbocycles. The summed E-state index contributed by atoms with van der Waals surface area (Å²) in [7, 11) is 2.80. The van der Waals surface area contributed by atoms with Crippen molar-refractivity contribution in [3.8, 4) is 0 Å². The van der Waals surface area contributed by atoms with Gasteiger partial charge in [-0.1, -0.05) is 0 Å². The van der Waals surface area contributed by atoms with Crippen molar-refractivity contribution < 1.29 is 18.7 Å². The number of carbonyl (C=O) groups excluding carboxylic acids is 1. The molecule has 0 aliphatic heterocycles. The number of nitrogens with one attached hydrogen (secondary N) is 1. The first kappa shape index (κ1) is 15.2. The van der Waals surface area contributed by atoms with Gasteiger partial charge in [-0.05, 0) is 41.6 Å². The molecule has 18 heavy (non-hydrogen) atoms. The van der Waals surface area contributed by atoms with Crippen LogP contribution in [0.4, 0.5) is 10.1 Å². The summed E-state index contributed by atoms with van der Waals surface area (Å²) in [5, 5.41) is 3.03. The monoisotopic (exact) mass is 367 g/mol. The van der Waals surface area contributed by atoms with Crippen LogP contribution < -0.4 is 5.32 Å². The standard InChI is InChI=1S/C12H15FINO3/c1-7(6-17-2)15-9-5-4-8(14)11(13)10(9)12(16)18-3/h4-5,7,15H,6H2,1-3H3/t7-/m0/s1. The maximum Gasteiger partial charge on any atom is 0.343 e. The van der Waals surface area contributed by atoms with Gasteiger partial charge in [0, 0.05) is 16.7 Å². The molecule has 4 nitrogen and oxygen atoms in total. The van der Waals surface area contributed by atoms with Crippen molar-refractivity contribution in [1.29, 1.82) is 0 Å². The van der Waals surface area contributed by atoms with E-state index in [1.165, 1.54) is 7.11 Å². The molecule has 0 amide bonds. The van der Waals surface area contributed by atoms with Crippen LogP contribution in [0.15, 0.2) is 12.1 Å². The largest absolute Gasteiger partial charge is 0.465 e. The molecule has 0 spiro atoms. The van der Waals surface area contributed by atoms with E-state index in [1.807, 2.05) is 29.5 Å². The van der Waals surface area contributed by atoms with E-state index in [0.29, 0.717) is 15.9 Å². The molecule has 0 aliphatic rings. The zero-order valence-electron chi connectivity index (χ0n) is 10.4. The number of hydrogen-bond acceptors (Lipinski definition) is 4. The molecular weight excluding hydrogens is 352 g/mol. The van der Waals surface area contributed by atoms with Gasteiger partial charge in [-0.2, -0.15) is 0 Å². The van der Waals surface area contributed by atoms with E-state index in [2.05, 4.69) is 10.1 Å². The number of benzene rings is 1. The third-order valence-electron chi connectivity index (χ3n) is 2.30. The number of esters is 1. The smallest absolute Gasteiger partial charge is 0.343 e. The van der Waals surface area contributed by atoms with Crippen molar-refractivity contribution in [3.05, 3.63) is 27.1 Å². The van der Waals surface area contributed by atoms with E-state index in [4.69, 9.17) is 4.74 Å². The van der Waals surface area contributed by atoms with E-state index in [-0.39, 0.29) is 11.6 Å². The number of halogens is 2. The van der Waals surface area contributed by atoms with Crippen LogP contribution in [0.1, 0.15) is 17.3 Å². The predicted molar refractivity (Wildman–Crippen MR) is 75.4 cm³/mol. The van der Waals surface area contributed by atoms with E-state index in [9.17, 15) is 9.18 Å². The second-order valence-corrected chi connectivity index (χ2v) is 4.94. The van der Waals surface area contributed by atoms with Gasteiger partial charge in [0.2, 0.25) is 0 Å². The maximum absolute atomic E-state index is 14.0. The molecule has 1 aromatic rings. The summed E-state index contributed by atoms with van der Waals surface area (Å²) in [6.07, 6.45) is 0. The summed E-state index contributed by atoms with van der Waals surface area (Å²) in [4.78, 5) is 11.6. The van der Waals surface area contributed by atoms with Gasteiger partial charge in [-0.15, -0.1) is 0 Å². The van der Waals surface area contributed by atoms with Crippen LogP contribution in [0.25, 0.3) is 0 Å². The van der Waals surface area contributed by atoms with Gasteiger partial charge in [-0.3, -0.25) is 0 Å². The number of anilines is 1. The molecule has 1 N–H and O–H groups in total. The van der Waals surface area contributed by atoms with Gasteiger partial charge >= 0.3 is 5.97 Å². The third-order valence-corrected chi connectivity index (χ3v) is 3.14. The van der Waals surface area contributed by atoms with Crippen LogP contribution >= 0.6 is 22.6 Å². The number of hydrogen-bond donors (Lipinski definition) is 1. The Hall–Kier alpha value is -0.890. The molecule has 0 saturated heterocycles. The van der Waals surface area contributed by atoms with Gasteiger partial charge in [0.05, 0.1) is 19.4 Å². The number of carbonyl (C=O) groups is 1. The minimum atomic E-state index is -0.696. The van der Waals surface area contributed by atoms with Crippen LogP contribution in [-0.4, -0.2) is 32.8 Å². The highest BCUT2D eigenvalue weighted by atomic mass is 127. The van der Waals surface area contributed by atoms with Gasteiger partial charge in [0.1, 0.15) is 5.56 Å². The van der Waals surface area contributed by atoms with Crippen molar-refractivity contribution in [2.24, 2.45) is 0 Å². The number of methoxy groups -OCH3 is 2. The molecule has 1 atom stereocenters. The van der Waals surface area contributed by atoms with Crippen LogP contribution in [-0.2, 0) is 9.47 Å². The maximum atomic E-state index is 14.0. The molecule has 100 valence electrons. The van der Waals surface area contributed by atoms with E-state index >= 15 is 0 Å². The molecule has 0 unspecified atom stereocenters. The Bertz CT molecular complexity index is 440. The molecular formula is C12H15FINO3. The number of ether oxygens (including phenoxy) is 2. The lowest BCUT2D eigenvalue weighted by Gasteiger charge is -2.17. The lowest BCUT2D eigenvalue weighted by atomic mass is 10.1. The van der Waals surface area contributed by atoms with Gasteiger partial charge in [0.25, 0.3) is 0 Å². The average Bonchev–Trinajstić information content (AvgIpc) is 2.33. The molecule has 1 aromatic carbocycles. The fourth-order valence-corrected chi connectivity index (χ4v) is 1.98. The molecule has 6 heteroatoms. The second kappa shape index (κ2) is 6.89.